The number of anilines is 2. The molecule has 2 amide bonds. The van der Waals surface area contributed by atoms with E-state index < -0.39 is 11.4 Å². The molecule has 1 heterocycles. The van der Waals surface area contributed by atoms with Gasteiger partial charge < -0.3 is 58.2 Å². The maximum absolute atomic E-state index is 13.9. The normalized spacial score (nSPS) is 14.0. The fraction of sp³-hybridized carbons (Fsp3) is 0.481. The summed E-state index contributed by atoms with van der Waals surface area (Å²) in [7, 11) is 1.64. The number of rotatable bonds is 37. The summed E-state index contributed by atoms with van der Waals surface area (Å²) in [5.74, 6) is -0.698. The summed E-state index contributed by atoms with van der Waals surface area (Å²) in [6, 6.07) is 24.3. The number of allylic oxidation sites excluding steroid dienone is 1. The third-order valence-electron chi connectivity index (χ3n) is 11.3. The molecule has 70 heavy (non-hydrogen) atoms. The minimum absolute atomic E-state index is 0.272. The van der Waals surface area contributed by atoms with Gasteiger partial charge in [0.15, 0.2) is 6.29 Å². The van der Waals surface area contributed by atoms with Crippen molar-refractivity contribution in [3.63, 3.8) is 0 Å². The Morgan fingerprint density at radius 2 is 1.21 bits per heavy atom. The Hall–Kier alpha value is -5.40. The maximum atomic E-state index is 13.9. The zero-order chi connectivity index (χ0) is 49.5. The molecule has 0 saturated heterocycles. The number of nitrogens with one attached hydrogen (secondary N) is 2. The van der Waals surface area contributed by atoms with E-state index in [9.17, 15) is 14.4 Å². The Balaban J connectivity index is 0.974. The lowest BCUT2D eigenvalue weighted by Gasteiger charge is -2.31. The number of aromatic nitrogens is 1. The van der Waals surface area contributed by atoms with Gasteiger partial charge in [-0.2, -0.15) is 0 Å². The lowest BCUT2D eigenvalue weighted by molar-refractivity contribution is -0.111. The number of aryl methyl sites for hydroxylation is 1. The first-order valence-corrected chi connectivity index (χ1v) is 24.3. The molecular formula is C54H72N4O12. The number of amides is 2. The molecule has 1 aliphatic carbocycles. The molecule has 1 aliphatic rings. The van der Waals surface area contributed by atoms with Crippen LogP contribution in [0.2, 0.25) is 0 Å². The number of benzene rings is 3. The van der Waals surface area contributed by atoms with Crippen LogP contribution < -0.4 is 15.5 Å². The van der Waals surface area contributed by atoms with Crippen molar-refractivity contribution in [2.24, 2.45) is 0 Å². The van der Waals surface area contributed by atoms with Gasteiger partial charge in [-0.1, -0.05) is 48.6 Å². The fourth-order valence-electron chi connectivity index (χ4n) is 7.65. The summed E-state index contributed by atoms with van der Waals surface area (Å²) < 4.78 is 49.2. The van der Waals surface area contributed by atoms with Crippen LogP contribution in [0, 0.1) is 0 Å². The van der Waals surface area contributed by atoms with Crippen LogP contribution >= 0.6 is 0 Å². The fourth-order valence-corrected chi connectivity index (χ4v) is 7.65. The zero-order valence-corrected chi connectivity index (χ0v) is 41.2. The van der Waals surface area contributed by atoms with Crippen LogP contribution in [0.3, 0.4) is 0 Å². The number of carbonyl (C=O) groups is 3. The highest BCUT2D eigenvalue weighted by Crippen LogP contribution is 2.33. The van der Waals surface area contributed by atoms with Gasteiger partial charge >= 0.3 is 0 Å². The van der Waals surface area contributed by atoms with Crippen molar-refractivity contribution in [2.75, 3.05) is 143 Å². The lowest BCUT2D eigenvalue weighted by atomic mass is 9.82. The molecule has 0 aliphatic heterocycles. The molecule has 0 bridgehead atoms. The predicted octanol–water partition coefficient (Wildman–Crippen LogP) is 6.50. The Bertz CT molecular complexity index is 2190. The van der Waals surface area contributed by atoms with Gasteiger partial charge in [0, 0.05) is 55.4 Å². The summed E-state index contributed by atoms with van der Waals surface area (Å²) >= 11 is 0. The standard InChI is InChI=1S/C54H72N4O12/c1-4-58(5-2)47-17-18-50(48(41-47)51-40-46(19-21-55-51)53(61)57-54(42-59)20-9-15-44-13-6-7-16-49(44)54)56-52(60)45-14-8-11-43(39-45)12-10-22-63-25-26-65-29-30-67-33-34-69-37-38-70-36-35-68-32-31-66-28-27-64-24-23-62-3/h6-9,11,13-14,16-21,39-42H,4-5,10,12,15,22-38H2,1-3H3,(H,56,60)(H,57,61)/t54-/m1/s1. The van der Waals surface area contributed by atoms with Crippen molar-refractivity contribution >= 4 is 29.5 Å². The molecule has 16 nitrogen and oxygen atoms in total. The molecule has 3 aromatic carbocycles. The van der Waals surface area contributed by atoms with Crippen molar-refractivity contribution in [1.82, 2.24) is 10.3 Å². The molecule has 1 atom stereocenters. The van der Waals surface area contributed by atoms with E-state index in [1.165, 1.54) is 0 Å². The molecular weight excluding hydrogens is 897 g/mol. The molecule has 2 N–H and O–H groups in total. The van der Waals surface area contributed by atoms with E-state index in [-0.39, 0.29) is 5.91 Å². The molecule has 0 saturated carbocycles. The number of carbonyl (C=O) groups excluding carboxylic acids is 3. The molecule has 1 aromatic heterocycles. The van der Waals surface area contributed by atoms with Gasteiger partial charge in [0.2, 0.25) is 0 Å². The topological polar surface area (TPSA) is 174 Å². The summed E-state index contributed by atoms with van der Waals surface area (Å²) in [4.78, 5) is 47.1. The zero-order valence-electron chi connectivity index (χ0n) is 41.2. The highest BCUT2D eigenvalue weighted by atomic mass is 16.6. The Morgan fingerprint density at radius 3 is 1.80 bits per heavy atom. The van der Waals surface area contributed by atoms with Crippen molar-refractivity contribution in [2.45, 2.75) is 38.6 Å². The minimum atomic E-state index is -1.30. The molecule has 0 unspecified atom stereocenters. The second kappa shape index (κ2) is 32.5. The maximum Gasteiger partial charge on any atom is 0.255 e. The predicted molar refractivity (Wildman–Crippen MR) is 269 cm³/mol. The van der Waals surface area contributed by atoms with Gasteiger partial charge in [0.25, 0.3) is 11.8 Å². The second-order valence-corrected chi connectivity index (χ2v) is 16.2. The molecule has 16 heteroatoms. The van der Waals surface area contributed by atoms with Gasteiger partial charge in [0.1, 0.15) is 5.54 Å². The first kappa shape index (κ1) is 55.5. The van der Waals surface area contributed by atoms with E-state index in [4.69, 9.17) is 42.6 Å². The van der Waals surface area contributed by atoms with Crippen LogP contribution in [-0.4, -0.2) is 156 Å². The SMILES string of the molecule is CCN(CC)c1ccc(NC(=O)c2cccc(CCCOCCOCCOCCOCCOCCOCCOCCOCCOC)c2)c(-c2cc(C(=O)N[C@@]3(C=O)C=CCc4ccccc43)ccn2)c1. The van der Waals surface area contributed by atoms with E-state index in [1.807, 2.05) is 66.7 Å². The number of aldehydes is 1. The van der Waals surface area contributed by atoms with Gasteiger partial charge in [-0.15, -0.1) is 0 Å². The average molecular weight is 969 g/mol. The lowest BCUT2D eigenvalue weighted by Crippen LogP contribution is -2.47. The van der Waals surface area contributed by atoms with Crippen LogP contribution in [0.25, 0.3) is 11.3 Å². The van der Waals surface area contributed by atoms with Crippen LogP contribution in [-0.2, 0) is 65.8 Å². The molecule has 0 spiro atoms. The van der Waals surface area contributed by atoms with Crippen LogP contribution in [0.15, 0.2) is 97.2 Å². The van der Waals surface area contributed by atoms with Crippen molar-refractivity contribution in [3.05, 3.63) is 125 Å². The van der Waals surface area contributed by atoms with E-state index in [2.05, 4.69) is 34.4 Å². The highest BCUT2D eigenvalue weighted by Gasteiger charge is 2.35. The number of pyridine rings is 1. The quantitative estimate of drug-likeness (QED) is 0.0285. The first-order chi connectivity index (χ1) is 34.4. The summed E-state index contributed by atoms with van der Waals surface area (Å²) in [5, 5.41) is 6.09. The largest absolute Gasteiger partial charge is 0.382 e. The molecule has 380 valence electrons. The van der Waals surface area contributed by atoms with Gasteiger partial charge in [-0.05, 0) is 92.3 Å². The summed E-state index contributed by atoms with van der Waals surface area (Å²) in [5.41, 5.74) is 4.94. The van der Waals surface area contributed by atoms with E-state index in [0.717, 1.165) is 54.6 Å². The van der Waals surface area contributed by atoms with Crippen LogP contribution in [0.4, 0.5) is 11.4 Å². The molecule has 5 rings (SSSR count). The molecule has 0 fully saturated rings. The summed E-state index contributed by atoms with van der Waals surface area (Å²) in [6.07, 6.45) is 8.16. The van der Waals surface area contributed by atoms with Gasteiger partial charge in [-0.3, -0.25) is 19.4 Å². The number of hydrogen-bond donors (Lipinski definition) is 2. The number of nitrogens with zero attached hydrogens (tertiary/aromatic N) is 2. The van der Waals surface area contributed by atoms with E-state index >= 15 is 0 Å². The van der Waals surface area contributed by atoms with Crippen LogP contribution in [0.5, 0.6) is 0 Å². The van der Waals surface area contributed by atoms with Crippen molar-refractivity contribution in [1.29, 1.82) is 0 Å². The van der Waals surface area contributed by atoms with Crippen molar-refractivity contribution in [3.8, 4) is 11.3 Å². The second-order valence-electron chi connectivity index (χ2n) is 16.2. The highest BCUT2D eigenvalue weighted by molar-refractivity contribution is 6.07. The van der Waals surface area contributed by atoms with Gasteiger partial charge in [0.05, 0.1) is 117 Å². The van der Waals surface area contributed by atoms with Crippen molar-refractivity contribution < 1.29 is 57.0 Å². The first-order valence-electron chi connectivity index (χ1n) is 24.3. The van der Waals surface area contributed by atoms with E-state index in [1.54, 1.807) is 37.6 Å². The Labute approximate surface area is 413 Å². The summed E-state index contributed by atoms with van der Waals surface area (Å²) in [6.45, 7) is 14.3. The number of ether oxygens (including phenoxy) is 9. The minimum Gasteiger partial charge on any atom is -0.382 e. The van der Waals surface area contributed by atoms with E-state index in [0.29, 0.717) is 147 Å². The number of methoxy groups -OCH3 is 1. The third kappa shape index (κ3) is 18.7. The molecule has 0 radical (unpaired) electrons. The number of fused-ring (bicyclic) bond motifs is 1. The Kier molecular flexibility index (Phi) is 25.8. The van der Waals surface area contributed by atoms with Crippen LogP contribution in [0.1, 0.15) is 57.7 Å². The van der Waals surface area contributed by atoms with Gasteiger partial charge in [-0.25, -0.2) is 0 Å². The monoisotopic (exact) mass is 969 g/mol. The third-order valence-corrected chi connectivity index (χ3v) is 11.3. The molecule has 4 aromatic rings. The average Bonchev–Trinajstić information content (AvgIpc) is 3.39. The Morgan fingerprint density at radius 1 is 0.643 bits per heavy atom. The smallest absolute Gasteiger partial charge is 0.255 e. The number of hydrogen-bond acceptors (Lipinski definition) is 14.